The van der Waals surface area contributed by atoms with Crippen LogP contribution in [0, 0.1) is 3.95 Å². The Morgan fingerprint density at radius 3 is 2.61 bits per heavy atom. The number of halogens is 1. The molecule has 18 heavy (non-hydrogen) atoms. The number of rotatable bonds is 2. The molecule has 4 nitrogen and oxygen atoms in total. The summed E-state index contributed by atoms with van der Waals surface area (Å²) in [6.45, 7) is 0. The Hall–Kier alpha value is -1.18. The van der Waals surface area contributed by atoms with Crippen molar-refractivity contribution in [1.82, 2.24) is 4.57 Å². The quantitative estimate of drug-likeness (QED) is 0.670. The fraction of sp³-hybridized carbons (Fsp3) is 0.0909. The summed E-state index contributed by atoms with van der Waals surface area (Å²) in [5.74, 6) is -0.168. The van der Waals surface area contributed by atoms with Gasteiger partial charge >= 0.3 is 5.97 Å². The zero-order chi connectivity index (χ0) is 13.3. The van der Waals surface area contributed by atoms with Crippen LogP contribution in [0.5, 0.6) is 0 Å². The molecule has 2 N–H and O–H groups in total. The summed E-state index contributed by atoms with van der Waals surface area (Å²) in [5.41, 5.74) is 6.76. The van der Waals surface area contributed by atoms with Crippen molar-refractivity contribution in [2.75, 3.05) is 12.8 Å². The predicted molar refractivity (Wildman–Crippen MR) is 77.9 cm³/mol. The van der Waals surface area contributed by atoms with Crippen molar-refractivity contribution in [3.05, 3.63) is 37.6 Å². The van der Waals surface area contributed by atoms with Gasteiger partial charge in [-0.05, 0) is 36.5 Å². The minimum Gasteiger partial charge on any atom is -0.465 e. The molecule has 0 saturated heterocycles. The van der Waals surface area contributed by atoms with Crippen molar-refractivity contribution in [3.63, 3.8) is 0 Å². The molecule has 0 bridgehead atoms. The number of esters is 1. The van der Waals surface area contributed by atoms with E-state index in [9.17, 15) is 4.79 Å². The molecule has 7 heteroatoms. The molecule has 0 amide bonds. The number of hydrogen-bond donors (Lipinski definition) is 1. The molecule has 0 atom stereocenters. The third-order valence-electron chi connectivity index (χ3n) is 2.30. The summed E-state index contributed by atoms with van der Waals surface area (Å²) >= 11 is 9.72. The summed E-state index contributed by atoms with van der Waals surface area (Å²) in [5, 5.41) is 0. The molecule has 0 radical (unpaired) electrons. The van der Waals surface area contributed by atoms with E-state index in [0.29, 0.717) is 14.6 Å². The summed E-state index contributed by atoms with van der Waals surface area (Å²) in [6, 6.07) is 7.49. The van der Waals surface area contributed by atoms with Crippen LogP contribution in [0.2, 0.25) is 0 Å². The van der Waals surface area contributed by atoms with E-state index in [1.54, 1.807) is 4.57 Å². The lowest BCUT2D eigenvalue weighted by molar-refractivity contribution is 0.0607. The summed E-state index contributed by atoms with van der Waals surface area (Å²) in [7, 11) is 1.31. The Bertz CT molecular complexity index is 646. The standard InChI is InChI=1S/C11H9BrN2O2S2/c1-16-10(15)8-9(13)14(11(17)18-8)7-4-2-6(12)3-5-7/h2-5H,13H2,1H3. The highest BCUT2D eigenvalue weighted by molar-refractivity contribution is 9.10. The lowest BCUT2D eigenvalue weighted by Crippen LogP contribution is -2.06. The molecule has 0 aliphatic carbocycles. The van der Waals surface area contributed by atoms with Crippen LogP contribution in [-0.4, -0.2) is 17.6 Å². The zero-order valence-electron chi connectivity index (χ0n) is 9.34. The van der Waals surface area contributed by atoms with Gasteiger partial charge in [0.25, 0.3) is 0 Å². The first kappa shape index (κ1) is 13.3. The van der Waals surface area contributed by atoms with Crippen molar-refractivity contribution in [2.45, 2.75) is 0 Å². The third kappa shape index (κ3) is 2.33. The van der Waals surface area contributed by atoms with Crippen LogP contribution in [-0.2, 0) is 4.74 Å². The van der Waals surface area contributed by atoms with E-state index in [1.807, 2.05) is 24.3 Å². The maximum atomic E-state index is 11.5. The highest BCUT2D eigenvalue weighted by Gasteiger charge is 2.18. The second-order valence-electron chi connectivity index (χ2n) is 3.39. The van der Waals surface area contributed by atoms with Gasteiger partial charge in [-0.15, -0.1) is 0 Å². The molecule has 0 aliphatic rings. The molecule has 2 aromatic rings. The molecule has 0 spiro atoms. The van der Waals surface area contributed by atoms with Crippen molar-refractivity contribution in [1.29, 1.82) is 0 Å². The monoisotopic (exact) mass is 344 g/mol. The number of methoxy groups -OCH3 is 1. The van der Waals surface area contributed by atoms with E-state index in [4.69, 9.17) is 18.0 Å². The Morgan fingerprint density at radius 1 is 1.44 bits per heavy atom. The minimum atomic E-state index is -0.473. The highest BCUT2D eigenvalue weighted by Crippen LogP contribution is 2.27. The number of nitrogens with two attached hydrogens (primary N) is 1. The molecule has 1 aromatic heterocycles. The maximum absolute atomic E-state index is 11.5. The summed E-state index contributed by atoms with van der Waals surface area (Å²) < 4.78 is 7.78. The second-order valence-corrected chi connectivity index (χ2v) is 5.95. The number of benzene rings is 1. The smallest absolute Gasteiger partial charge is 0.351 e. The zero-order valence-corrected chi connectivity index (χ0v) is 12.6. The number of ether oxygens (including phenoxy) is 1. The van der Waals surface area contributed by atoms with E-state index in [-0.39, 0.29) is 0 Å². The number of aromatic nitrogens is 1. The van der Waals surface area contributed by atoms with Gasteiger partial charge in [0.15, 0.2) is 8.83 Å². The van der Waals surface area contributed by atoms with Crippen LogP contribution in [0.15, 0.2) is 28.7 Å². The number of thiazole rings is 1. The first-order chi connectivity index (χ1) is 8.54. The van der Waals surface area contributed by atoms with Crippen LogP contribution in [0.1, 0.15) is 9.67 Å². The average molecular weight is 345 g/mol. The van der Waals surface area contributed by atoms with Crippen LogP contribution in [0.25, 0.3) is 5.69 Å². The van der Waals surface area contributed by atoms with E-state index in [0.717, 1.165) is 21.5 Å². The number of hydrogen-bond acceptors (Lipinski definition) is 5. The molecule has 0 fully saturated rings. The van der Waals surface area contributed by atoms with Crippen molar-refractivity contribution >= 4 is 51.3 Å². The number of carbonyl (C=O) groups excluding carboxylic acids is 1. The molecular formula is C11H9BrN2O2S2. The number of anilines is 1. The van der Waals surface area contributed by atoms with Gasteiger partial charge < -0.3 is 10.5 Å². The fourth-order valence-corrected chi connectivity index (χ4v) is 3.01. The van der Waals surface area contributed by atoms with Gasteiger partial charge in [0.1, 0.15) is 5.82 Å². The molecule has 0 unspecified atom stereocenters. The van der Waals surface area contributed by atoms with E-state index in [1.165, 1.54) is 7.11 Å². The van der Waals surface area contributed by atoms with Crippen LogP contribution < -0.4 is 5.73 Å². The van der Waals surface area contributed by atoms with Gasteiger partial charge in [-0.2, -0.15) is 0 Å². The number of nitrogen functional groups attached to an aromatic ring is 1. The third-order valence-corrected chi connectivity index (χ3v) is 4.20. The Labute approximate surface area is 121 Å². The van der Waals surface area contributed by atoms with Crippen molar-refractivity contribution in [2.24, 2.45) is 0 Å². The Morgan fingerprint density at radius 2 is 2.06 bits per heavy atom. The molecule has 0 saturated carbocycles. The molecular weight excluding hydrogens is 336 g/mol. The van der Waals surface area contributed by atoms with E-state index in [2.05, 4.69) is 20.7 Å². The topological polar surface area (TPSA) is 57.2 Å². The SMILES string of the molecule is COC(=O)c1sc(=S)n(-c2ccc(Br)cc2)c1N. The van der Waals surface area contributed by atoms with Crippen LogP contribution >= 0.6 is 39.5 Å². The highest BCUT2D eigenvalue weighted by atomic mass is 79.9. The van der Waals surface area contributed by atoms with Gasteiger partial charge in [-0.3, -0.25) is 4.57 Å². The number of nitrogens with zero attached hydrogens (tertiary/aromatic N) is 1. The van der Waals surface area contributed by atoms with Gasteiger partial charge in [0.05, 0.1) is 7.11 Å². The van der Waals surface area contributed by atoms with Gasteiger partial charge in [-0.25, -0.2) is 4.79 Å². The van der Waals surface area contributed by atoms with Gasteiger partial charge in [0.2, 0.25) is 0 Å². The van der Waals surface area contributed by atoms with Crippen LogP contribution in [0.4, 0.5) is 5.82 Å². The summed E-state index contributed by atoms with van der Waals surface area (Å²) in [4.78, 5) is 11.9. The first-order valence-corrected chi connectivity index (χ1v) is 6.92. The van der Waals surface area contributed by atoms with Crippen molar-refractivity contribution in [3.8, 4) is 5.69 Å². The number of carbonyl (C=O) groups is 1. The molecule has 1 aromatic carbocycles. The lowest BCUT2D eigenvalue weighted by Gasteiger charge is -2.05. The van der Waals surface area contributed by atoms with Gasteiger partial charge in [0, 0.05) is 10.2 Å². The fourth-order valence-electron chi connectivity index (χ4n) is 1.46. The maximum Gasteiger partial charge on any atom is 0.351 e. The molecule has 0 aliphatic heterocycles. The van der Waals surface area contributed by atoms with Crippen LogP contribution in [0.3, 0.4) is 0 Å². The molecule has 2 rings (SSSR count). The molecule has 94 valence electrons. The minimum absolute atomic E-state index is 0.305. The normalized spacial score (nSPS) is 10.3. The largest absolute Gasteiger partial charge is 0.465 e. The Kier molecular flexibility index (Phi) is 3.84. The van der Waals surface area contributed by atoms with E-state index < -0.39 is 5.97 Å². The second kappa shape index (κ2) is 5.21. The average Bonchev–Trinajstić information content (AvgIpc) is 2.65. The Balaban J connectivity index is 2.59. The van der Waals surface area contributed by atoms with Gasteiger partial charge in [-0.1, -0.05) is 27.3 Å². The molecule has 1 heterocycles. The van der Waals surface area contributed by atoms with Crippen molar-refractivity contribution < 1.29 is 9.53 Å². The summed E-state index contributed by atoms with van der Waals surface area (Å²) in [6.07, 6.45) is 0. The van der Waals surface area contributed by atoms with E-state index >= 15 is 0 Å². The predicted octanol–water partition coefficient (Wildman–Crippen LogP) is 3.40. The first-order valence-electron chi connectivity index (χ1n) is 4.90. The lowest BCUT2D eigenvalue weighted by atomic mass is 10.3.